The molecule has 3 aromatic rings. The lowest BCUT2D eigenvalue weighted by atomic mass is 9.81. The van der Waals surface area contributed by atoms with Gasteiger partial charge in [0.15, 0.2) is 0 Å². The molecule has 212 valence electrons. The average Bonchev–Trinajstić information content (AvgIpc) is 3.35. The molecular formula is C29H34N4O6S. The first-order valence-electron chi connectivity index (χ1n) is 13.2. The van der Waals surface area contributed by atoms with Crippen LogP contribution in [-0.2, 0) is 16.0 Å². The minimum absolute atomic E-state index is 0.0286. The van der Waals surface area contributed by atoms with E-state index in [0.717, 1.165) is 47.3 Å². The van der Waals surface area contributed by atoms with Crippen LogP contribution < -0.4 is 14.8 Å². The van der Waals surface area contributed by atoms with E-state index in [4.69, 9.17) is 18.6 Å². The molecule has 0 amide bonds. The summed E-state index contributed by atoms with van der Waals surface area (Å²) in [6.45, 7) is 5.96. The minimum Gasteiger partial charge on any atom is -0.497 e. The fourth-order valence-electron chi connectivity index (χ4n) is 4.75. The van der Waals surface area contributed by atoms with Crippen molar-refractivity contribution in [3.05, 3.63) is 86.7 Å². The van der Waals surface area contributed by atoms with Crippen LogP contribution in [0.4, 0.5) is 10.7 Å². The number of esters is 1. The fourth-order valence-corrected chi connectivity index (χ4v) is 5.68. The number of non-ortho nitro benzene ring substituents is 1. The summed E-state index contributed by atoms with van der Waals surface area (Å²) < 4.78 is 21.2. The number of hydrogen-bond acceptors (Lipinski definition) is 10. The molecule has 0 saturated heterocycles. The van der Waals surface area contributed by atoms with Crippen LogP contribution in [0.15, 0.2) is 59.8 Å². The molecule has 4 rings (SSSR count). The van der Waals surface area contributed by atoms with Gasteiger partial charge in [0, 0.05) is 54.9 Å². The summed E-state index contributed by atoms with van der Waals surface area (Å²) in [6, 6.07) is 14.0. The van der Waals surface area contributed by atoms with Gasteiger partial charge in [-0.2, -0.15) is 4.37 Å². The molecule has 0 aliphatic carbocycles. The van der Waals surface area contributed by atoms with Gasteiger partial charge in [0.2, 0.25) is 0 Å². The van der Waals surface area contributed by atoms with Crippen molar-refractivity contribution in [3.63, 3.8) is 0 Å². The molecule has 0 bridgehead atoms. The summed E-state index contributed by atoms with van der Waals surface area (Å²) in [5.41, 5.74) is 3.46. The largest absolute Gasteiger partial charge is 0.497 e. The van der Waals surface area contributed by atoms with Crippen molar-refractivity contribution in [2.75, 3.05) is 45.8 Å². The lowest BCUT2D eigenvalue weighted by molar-refractivity contribution is -0.384. The number of ether oxygens (including phenoxy) is 3. The van der Waals surface area contributed by atoms with Crippen molar-refractivity contribution in [1.29, 1.82) is 0 Å². The lowest BCUT2D eigenvalue weighted by Gasteiger charge is -2.28. The number of hydrogen-bond donors (Lipinski definition) is 1. The molecule has 0 radical (unpaired) electrons. The smallest absolute Gasteiger partial charge is 0.336 e. The Kier molecular flexibility index (Phi) is 9.73. The van der Waals surface area contributed by atoms with E-state index in [1.165, 1.54) is 23.7 Å². The van der Waals surface area contributed by atoms with Crippen LogP contribution in [0.5, 0.6) is 11.5 Å². The number of nitro benzene ring substituents is 1. The second kappa shape index (κ2) is 13.4. The Morgan fingerprint density at radius 1 is 1.18 bits per heavy atom. The number of carbonyl (C=O) groups excluding carboxylic acids is 1. The van der Waals surface area contributed by atoms with Gasteiger partial charge in [-0.1, -0.05) is 18.2 Å². The molecule has 1 atom stereocenters. The predicted molar refractivity (Wildman–Crippen MR) is 154 cm³/mol. The van der Waals surface area contributed by atoms with Crippen LogP contribution >= 0.6 is 11.5 Å². The summed E-state index contributed by atoms with van der Waals surface area (Å²) in [4.78, 5) is 26.4. The van der Waals surface area contributed by atoms with Gasteiger partial charge in [-0.3, -0.25) is 10.1 Å². The molecule has 0 spiro atoms. The number of benzene rings is 2. The molecule has 1 aliphatic rings. The maximum Gasteiger partial charge on any atom is 0.336 e. The molecule has 1 unspecified atom stereocenters. The number of nitrogens with one attached hydrogen (secondary N) is 1. The van der Waals surface area contributed by atoms with Crippen LogP contribution in [0, 0.1) is 10.1 Å². The monoisotopic (exact) mass is 566 g/mol. The fraction of sp³-hybridized carbons (Fsp3) is 0.379. The first-order valence-corrected chi connectivity index (χ1v) is 13.9. The highest BCUT2D eigenvalue weighted by Gasteiger charge is 2.37. The van der Waals surface area contributed by atoms with Gasteiger partial charge in [0.1, 0.15) is 16.5 Å². The Bertz CT molecular complexity index is 1390. The van der Waals surface area contributed by atoms with Crippen molar-refractivity contribution >= 4 is 28.2 Å². The van der Waals surface area contributed by atoms with Gasteiger partial charge in [-0.05, 0) is 56.5 Å². The quantitative estimate of drug-likeness (QED) is 0.126. The van der Waals surface area contributed by atoms with E-state index in [2.05, 4.69) is 17.3 Å². The molecule has 1 N–H and O–H groups in total. The summed E-state index contributed by atoms with van der Waals surface area (Å²) in [7, 11) is 3.68. The van der Waals surface area contributed by atoms with E-state index in [9.17, 15) is 14.9 Å². The van der Waals surface area contributed by atoms with Crippen LogP contribution in [0.2, 0.25) is 0 Å². The number of rotatable bonds is 13. The summed E-state index contributed by atoms with van der Waals surface area (Å²) >= 11 is 1.34. The zero-order valence-electron chi connectivity index (χ0n) is 23.1. The number of methoxy groups -OCH3 is 1. The number of anilines is 1. The maximum atomic E-state index is 13.1. The topological polar surface area (TPSA) is 116 Å². The highest BCUT2D eigenvalue weighted by molar-refractivity contribution is 7.10. The Balaban J connectivity index is 1.48. The van der Waals surface area contributed by atoms with Crippen molar-refractivity contribution in [3.8, 4) is 11.5 Å². The molecular weight excluding hydrogens is 532 g/mol. The third-order valence-electron chi connectivity index (χ3n) is 6.72. The van der Waals surface area contributed by atoms with E-state index in [0.29, 0.717) is 29.9 Å². The van der Waals surface area contributed by atoms with E-state index >= 15 is 0 Å². The zero-order valence-corrected chi connectivity index (χ0v) is 24.0. The number of nitro groups is 1. The molecule has 0 fully saturated rings. The normalized spacial score (nSPS) is 14.5. The summed E-state index contributed by atoms with van der Waals surface area (Å²) in [6.07, 6.45) is 1.50. The van der Waals surface area contributed by atoms with E-state index < -0.39 is 16.8 Å². The highest BCUT2D eigenvalue weighted by atomic mass is 32.1. The number of aromatic nitrogens is 1. The van der Waals surface area contributed by atoms with Crippen LogP contribution in [0.25, 0.3) is 0 Å². The van der Waals surface area contributed by atoms with Gasteiger partial charge >= 0.3 is 5.97 Å². The zero-order chi connectivity index (χ0) is 28.6. The van der Waals surface area contributed by atoms with Crippen LogP contribution in [-0.4, -0.2) is 60.6 Å². The van der Waals surface area contributed by atoms with Crippen molar-refractivity contribution in [2.45, 2.75) is 32.6 Å². The van der Waals surface area contributed by atoms with E-state index in [-0.39, 0.29) is 12.3 Å². The third kappa shape index (κ3) is 6.78. The number of fused-ring (bicyclic) bond motifs is 1. The first-order chi connectivity index (χ1) is 19.3. The Morgan fingerprint density at radius 2 is 1.95 bits per heavy atom. The van der Waals surface area contributed by atoms with Gasteiger partial charge in [-0.15, -0.1) is 0 Å². The number of likely N-dealkylation sites (N-methyl/N-ethyl adjacent to an activating group) is 1. The molecule has 1 aromatic heterocycles. The van der Waals surface area contributed by atoms with E-state index in [1.54, 1.807) is 20.1 Å². The van der Waals surface area contributed by atoms with Crippen molar-refractivity contribution in [1.82, 2.24) is 9.27 Å². The third-order valence-corrected chi connectivity index (χ3v) is 7.54. The van der Waals surface area contributed by atoms with E-state index in [1.807, 2.05) is 37.3 Å². The SMILES string of the molecule is CCOC(=O)C1=C(C)Nc2snc(CCN(C)CCCOc3cccc(OC)c3)c2C1c1cccc([N+](=O)[O-])c1. The van der Waals surface area contributed by atoms with Crippen molar-refractivity contribution < 1.29 is 23.9 Å². The van der Waals surface area contributed by atoms with Crippen LogP contribution in [0.1, 0.15) is 43.0 Å². The highest BCUT2D eigenvalue weighted by Crippen LogP contribution is 2.46. The Morgan fingerprint density at radius 3 is 2.70 bits per heavy atom. The van der Waals surface area contributed by atoms with Gasteiger partial charge < -0.3 is 24.4 Å². The second-order valence-electron chi connectivity index (χ2n) is 9.48. The predicted octanol–water partition coefficient (Wildman–Crippen LogP) is 5.40. The average molecular weight is 567 g/mol. The molecule has 2 heterocycles. The van der Waals surface area contributed by atoms with Crippen molar-refractivity contribution in [2.24, 2.45) is 0 Å². The Hall–Kier alpha value is -3.96. The standard InChI is InChI=1S/C29H34N4O6S/c1-5-38-29(34)25-19(2)30-28-27(26(25)20-9-6-10-21(17-20)33(35)36)24(31-40-28)13-15-32(3)14-8-16-39-23-12-7-11-22(18-23)37-4/h6-7,9-12,17-18,26,30H,5,8,13-16H2,1-4H3. The number of nitrogens with zero attached hydrogens (tertiary/aromatic N) is 3. The molecule has 1 aliphatic heterocycles. The lowest BCUT2D eigenvalue weighted by Crippen LogP contribution is -2.26. The van der Waals surface area contributed by atoms with Crippen LogP contribution in [0.3, 0.4) is 0 Å². The summed E-state index contributed by atoms with van der Waals surface area (Å²) in [5, 5.41) is 15.7. The second-order valence-corrected chi connectivity index (χ2v) is 10.2. The molecule has 11 heteroatoms. The van der Waals surface area contributed by atoms with Gasteiger partial charge in [0.05, 0.1) is 36.5 Å². The first kappa shape index (κ1) is 29.0. The molecule has 2 aromatic carbocycles. The molecule has 0 saturated carbocycles. The van der Waals surface area contributed by atoms with Gasteiger partial charge in [-0.25, -0.2) is 4.79 Å². The van der Waals surface area contributed by atoms with Gasteiger partial charge in [0.25, 0.3) is 5.69 Å². The number of allylic oxidation sites excluding steroid dienone is 1. The Labute approximate surface area is 237 Å². The maximum absolute atomic E-state index is 13.1. The molecule has 40 heavy (non-hydrogen) atoms. The molecule has 10 nitrogen and oxygen atoms in total. The summed E-state index contributed by atoms with van der Waals surface area (Å²) in [5.74, 6) is 0.567. The minimum atomic E-state index is -0.523. The number of carbonyl (C=O) groups is 1.